The Morgan fingerprint density at radius 1 is 1.21 bits per heavy atom. The van der Waals surface area contributed by atoms with Gasteiger partial charge in [0, 0.05) is 49.5 Å². The number of hydrogen-bond donors (Lipinski definition) is 2. The summed E-state index contributed by atoms with van der Waals surface area (Å²) in [4.78, 5) is 14.8. The van der Waals surface area contributed by atoms with Crippen molar-refractivity contribution < 1.29 is 4.79 Å². The highest BCUT2D eigenvalue weighted by atomic mass is 16.1. The Hall–Kier alpha value is -2.17. The summed E-state index contributed by atoms with van der Waals surface area (Å²) in [5, 5.41) is 3.13. The maximum absolute atomic E-state index is 10.7. The molecule has 5 nitrogen and oxygen atoms in total. The number of nitrogens with one attached hydrogen (secondary N) is 1. The SMILES string of the molecule is C/C(N)=C/Nc1ccc(N2CCN(C=O)CC2)cc1. The van der Waals surface area contributed by atoms with Crippen LogP contribution in [0.3, 0.4) is 0 Å². The molecule has 0 aromatic heterocycles. The van der Waals surface area contributed by atoms with Crippen LogP contribution < -0.4 is 16.0 Å². The minimum atomic E-state index is 0.745. The van der Waals surface area contributed by atoms with Crippen LogP contribution in [0.25, 0.3) is 0 Å². The molecule has 0 radical (unpaired) electrons. The summed E-state index contributed by atoms with van der Waals surface area (Å²) in [6.45, 7) is 5.19. The number of carbonyl (C=O) groups is 1. The van der Waals surface area contributed by atoms with E-state index in [9.17, 15) is 4.79 Å². The van der Waals surface area contributed by atoms with Gasteiger partial charge in [0.2, 0.25) is 6.41 Å². The van der Waals surface area contributed by atoms with Crippen LogP contribution in [-0.4, -0.2) is 37.5 Å². The smallest absolute Gasteiger partial charge is 0.209 e. The molecule has 1 aromatic rings. The monoisotopic (exact) mass is 260 g/mol. The van der Waals surface area contributed by atoms with Crippen LogP contribution in [0.15, 0.2) is 36.2 Å². The van der Waals surface area contributed by atoms with Crippen molar-refractivity contribution in [2.75, 3.05) is 36.4 Å². The summed E-state index contributed by atoms with van der Waals surface area (Å²) in [6.07, 6.45) is 2.70. The van der Waals surface area contributed by atoms with Gasteiger partial charge in [-0.3, -0.25) is 4.79 Å². The second-order valence-electron chi connectivity index (χ2n) is 4.71. The number of allylic oxidation sites excluding steroid dienone is 1. The average Bonchev–Trinajstić information content (AvgIpc) is 2.46. The summed E-state index contributed by atoms with van der Waals surface area (Å²) in [6, 6.07) is 8.22. The minimum absolute atomic E-state index is 0.745. The first-order valence-corrected chi connectivity index (χ1v) is 6.42. The summed E-state index contributed by atoms with van der Waals surface area (Å²) in [5.74, 6) is 0. The molecule has 0 saturated carbocycles. The first-order chi connectivity index (χ1) is 9.19. The third-order valence-corrected chi connectivity index (χ3v) is 3.16. The lowest BCUT2D eigenvalue weighted by atomic mass is 10.2. The zero-order valence-electron chi connectivity index (χ0n) is 11.2. The molecule has 1 saturated heterocycles. The molecule has 1 heterocycles. The molecule has 0 aliphatic carbocycles. The largest absolute Gasteiger partial charge is 0.401 e. The van der Waals surface area contributed by atoms with Gasteiger partial charge < -0.3 is 20.9 Å². The molecule has 0 bridgehead atoms. The number of hydrogen-bond acceptors (Lipinski definition) is 4. The van der Waals surface area contributed by atoms with E-state index in [-0.39, 0.29) is 0 Å². The van der Waals surface area contributed by atoms with Gasteiger partial charge in [-0.05, 0) is 31.2 Å². The van der Waals surface area contributed by atoms with E-state index < -0.39 is 0 Å². The zero-order chi connectivity index (χ0) is 13.7. The lowest BCUT2D eigenvalue weighted by Crippen LogP contribution is -2.45. The summed E-state index contributed by atoms with van der Waals surface area (Å²) in [5.41, 5.74) is 8.51. The highest BCUT2D eigenvalue weighted by Crippen LogP contribution is 2.19. The third-order valence-electron chi connectivity index (χ3n) is 3.16. The van der Waals surface area contributed by atoms with E-state index in [1.54, 1.807) is 11.1 Å². The second kappa shape index (κ2) is 6.13. The fourth-order valence-corrected chi connectivity index (χ4v) is 2.05. The molecule has 5 heteroatoms. The van der Waals surface area contributed by atoms with Crippen LogP contribution in [0.4, 0.5) is 11.4 Å². The molecule has 3 N–H and O–H groups in total. The van der Waals surface area contributed by atoms with Crippen LogP contribution in [0.2, 0.25) is 0 Å². The van der Waals surface area contributed by atoms with Crippen molar-refractivity contribution in [3.05, 3.63) is 36.2 Å². The van der Waals surface area contributed by atoms with E-state index >= 15 is 0 Å². The van der Waals surface area contributed by atoms with E-state index in [0.717, 1.165) is 44.0 Å². The maximum atomic E-state index is 10.7. The summed E-state index contributed by atoms with van der Waals surface area (Å²) >= 11 is 0. The standard InChI is InChI=1S/C14H20N4O/c1-12(15)10-16-13-2-4-14(5-3-13)18-8-6-17(11-19)7-9-18/h2-5,10-11,16H,6-9,15H2,1H3/b12-10-. The fourth-order valence-electron chi connectivity index (χ4n) is 2.05. The van der Waals surface area contributed by atoms with Gasteiger partial charge in [-0.1, -0.05) is 0 Å². The average molecular weight is 260 g/mol. The van der Waals surface area contributed by atoms with Gasteiger partial charge in [0.25, 0.3) is 0 Å². The van der Waals surface area contributed by atoms with Crippen molar-refractivity contribution in [2.45, 2.75) is 6.92 Å². The molecule has 1 aliphatic rings. The number of piperazine rings is 1. The topological polar surface area (TPSA) is 61.6 Å². The molecule has 0 unspecified atom stereocenters. The minimum Gasteiger partial charge on any atom is -0.401 e. The van der Waals surface area contributed by atoms with Crippen LogP contribution >= 0.6 is 0 Å². The zero-order valence-corrected chi connectivity index (χ0v) is 11.2. The number of nitrogens with two attached hydrogens (primary N) is 1. The quantitative estimate of drug-likeness (QED) is 0.799. The molecule has 0 spiro atoms. The molecule has 0 atom stereocenters. The van der Waals surface area contributed by atoms with E-state index in [0.29, 0.717) is 0 Å². The number of benzene rings is 1. The Bertz CT molecular complexity index is 443. The highest BCUT2D eigenvalue weighted by Gasteiger charge is 2.15. The van der Waals surface area contributed by atoms with Crippen molar-refractivity contribution in [3.63, 3.8) is 0 Å². The predicted octanol–water partition coefficient (Wildman–Crippen LogP) is 1.20. The van der Waals surface area contributed by atoms with Crippen molar-refractivity contribution in [1.82, 2.24) is 4.90 Å². The van der Waals surface area contributed by atoms with Gasteiger partial charge in [-0.2, -0.15) is 0 Å². The van der Waals surface area contributed by atoms with Crippen LogP contribution in [-0.2, 0) is 4.79 Å². The number of rotatable bonds is 4. The molecule has 1 aliphatic heterocycles. The molecule has 102 valence electrons. The molecule has 1 fully saturated rings. The number of carbonyl (C=O) groups excluding carboxylic acids is 1. The lowest BCUT2D eigenvalue weighted by Gasteiger charge is -2.34. The van der Waals surface area contributed by atoms with Crippen molar-refractivity contribution >= 4 is 17.8 Å². The number of nitrogens with zero attached hydrogens (tertiary/aromatic N) is 2. The molecule has 1 aromatic carbocycles. The predicted molar refractivity (Wildman–Crippen MR) is 77.9 cm³/mol. The van der Waals surface area contributed by atoms with Gasteiger partial charge in [0.05, 0.1) is 0 Å². The first-order valence-electron chi connectivity index (χ1n) is 6.42. The fraction of sp³-hybridized carbons (Fsp3) is 0.357. The third kappa shape index (κ3) is 3.64. The first kappa shape index (κ1) is 13.3. The summed E-state index contributed by atoms with van der Waals surface area (Å²) in [7, 11) is 0. The Balaban J connectivity index is 1.95. The Morgan fingerprint density at radius 3 is 2.37 bits per heavy atom. The second-order valence-corrected chi connectivity index (χ2v) is 4.71. The van der Waals surface area contributed by atoms with Crippen LogP contribution in [0, 0.1) is 0 Å². The molecular formula is C14H20N4O. The molecular weight excluding hydrogens is 240 g/mol. The summed E-state index contributed by atoms with van der Waals surface area (Å²) < 4.78 is 0. The molecule has 2 rings (SSSR count). The van der Waals surface area contributed by atoms with Crippen molar-refractivity contribution in [1.29, 1.82) is 0 Å². The Labute approximate surface area is 113 Å². The Morgan fingerprint density at radius 2 is 1.84 bits per heavy atom. The van der Waals surface area contributed by atoms with Crippen molar-refractivity contribution in [3.8, 4) is 0 Å². The van der Waals surface area contributed by atoms with Gasteiger partial charge in [-0.15, -0.1) is 0 Å². The maximum Gasteiger partial charge on any atom is 0.209 e. The van der Waals surface area contributed by atoms with Gasteiger partial charge in [0.15, 0.2) is 0 Å². The molecule has 19 heavy (non-hydrogen) atoms. The lowest BCUT2D eigenvalue weighted by molar-refractivity contribution is -0.118. The Kier molecular flexibility index (Phi) is 4.28. The van der Waals surface area contributed by atoms with Crippen LogP contribution in [0.1, 0.15) is 6.92 Å². The van der Waals surface area contributed by atoms with Crippen molar-refractivity contribution in [2.24, 2.45) is 5.73 Å². The molecule has 1 amide bonds. The van der Waals surface area contributed by atoms with Gasteiger partial charge in [-0.25, -0.2) is 0 Å². The van der Waals surface area contributed by atoms with E-state index in [1.165, 1.54) is 5.69 Å². The number of anilines is 2. The van der Waals surface area contributed by atoms with Gasteiger partial charge in [0.1, 0.15) is 0 Å². The highest BCUT2D eigenvalue weighted by molar-refractivity contribution is 5.57. The number of amides is 1. The van der Waals surface area contributed by atoms with E-state index in [4.69, 9.17) is 5.73 Å². The van der Waals surface area contributed by atoms with Gasteiger partial charge >= 0.3 is 0 Å². The van der Waals surface area contributed by atoms with Crippen LogP contribution in [0.5, 0.6) is 0 Å². The van der Waals surface area contributed by atoms with E-state index in [2.05, 4.69) is 22.3 Å². The van der Waals surface area contributed by atoms with E-state index in [1.807, 2.05) is 19.1 Å². The normalized spacial score (nSPS) is 16.4.